The molecule has 1 aromatic heterocycles. The van der Waals surface area contributed by atoms with E-state index in [4.69, 9.17) is 15.7 Å². The third-order valence-electron chi connectivity index (χ3n) is 2.83. The molecule has 2 aromatic rings. The van der Waals surface area contributed by atoms with Gasteiger partial charge in [0.15, 0.2) is 17.6 Å². The summed E-state index contributed by atoms with van der Waals surface area (Å²) in [6, 6.07) is 8.33. The first kappa shape index (κ1) is 15.9. The number of nitrogens with one attached hydrogen (secondary N) is 1. The van der Waals surface area contributed by atoms with Gasteiger partial charge in [-0.15, -0.1) is 0 Å². The van der Waals surface area contributed by atoms with Crippen molar-refractivity contribution >= 4 is 23.4 Å². The van der Waals surface area contributed by atoms with Crippen molar-refractivity contribution in [2.24, 2.45) is 0 Å². The fourth-order valence-corrected chi connectivity index (χ4v) is 1.69. The SMILES string of the molecule is C[C@@H](OC(=O)c1nccnc1N)C(=O)Nc1cccc(C#N)c1. The van der Waals surface area contributed by atoms with Crippen molar-refractivity contribution in [3.63, 3.8) is 0 Å². The zero-order valence-electron chi connectivity index (χ0n) is 12.2. The molecule has 0 fully saturated rings. The van der Waals surface area contributed by atoms with E-state index >= 15 is 0 Å². The first-order valence-corrected chi connectivity index (χ1v) is 6.59. The van der Waals surface area contributed by atoms with Gasteiger partial charge in [0.2, 0.25) is 0 Å². The number of carbonyl (C=O) groups excluding carboxylic acids is 2. The lowest BCUT2D eigenvalue weighted by atomic mass is 10.2. The minimum absolute atomic E-state index is 0.0770. The van der Waals surface area contributed by atoms with Gasteiger partial charge in [0.05, 0.1) is 11.6 Å². The summed E-state index contributed by atoms with van der Waals surface area (Å²) in [5.41, 5.74) is 6.20. The highest BCUT2D eigenvalue weighted by molar-refractivity contribution is 5.98. The van der Waals surface area contributed by atoms with E-state index in [1.807, 2.05) is 6.07 Å². The lowest BCUT2D eigenvalue weighted by Gasteiger charge is -2.13. The van der Waals surface area contributed by atoms with Crippen molar-refractivity contribution in [1.82, 2.24) is 9.97 Å². The van der Waals surface area contributed by atoms with Crippen LogP contribution in [0.3, 0.4) is 0 Å². The van der Waals surface area contributed by atoms with E-state index in [2.05, 4.69) is 15.3 Å². The van der Waals surface area contributed by atoms with Crippen LogP contribution in [0.4, 0.5) is 11.5 Å². The van der Waals surface area contributed by atoms with Gasteiger partial charge < -0.3 is 15.8 Å². The van der Waals surface area contributed by atoms with Gasteiger partial charge in [-0.25, -0.2) is 14.8 Å². The van der Waals surface area contributed by atoms with Gasteiger partial charge in [-0.1, -0.05) is 6.07 Å². The average molecular weight is 311 g/mol. The number of nitrogens with two attached hydrogens (primary N) is 1. The van der Waals surface area contributed by atoms with Gasteiger partial charge in [-0.2, -0.15) is 5.26 Å². The van der Waals surface area contributed by atoms with E-state index in [9.17, 15) is 9.59 Å². The number of nitriles is 1. The van der Waals surface area contributed by atoms with Crippen LogP contribution < -0.4 is 11.1 Å². The van der Waals surface area contributed by atoms with Crippen LogP contribution in [0.15, 0.2) is 36.7 Å². The van der Waals surface area contributed by atoms with Gasteiger partial charge in [0.1, 0.15) is 0 Å². The summed E-state index contributed by atoms with van der Waals surface area (Å²) in [6.07, 6.45) is 1.56. The molecule has 1 aromatic carbocycles. The predicted octanol–water partition coefficient (Wildman–Crippen LogP) is 1.11. The Hall–Kier alpha value is -3.47. The molecule has 1 atom stereocenters. The zero-order valence-corrected chi connectivity index (χ0v) is 12.2. The molecular weight excluding hydrogens is 298 g/mol. The Bertz CT molecular complexity index is 785. The van der Waals surface area contributed by atoms with Gasteiger partial charge in [-0.3, -0.25) is 4.79 Å². The Kier molecular flexibility index (Phi) is 4.84. The molecular formula is C15H13N5O3. The number of benzene rings is 1. The van der Waals surface area contributed by atoms with Gasteiger partial charge in [-0.05, 0) is 25.1 Å². The first-order valence-electron chi connectivity index (χ1n) is 6.59. The Balaban J connectivity index is 2.01. The molecule has 0 aliphatic rings. The highest BCUT2D eigenvalue weighted by Gasteiger charge is 2.21. The Morgan fingerprint density at radius 1 is 1.35 bits per heavy atom. The fourth-order valence-electron chi connectivity index (χ4n) is 1.69. The van der Waals surface area contributed by atoms with Crippen molar-refractivity contribution in [3.05, 3.63) is 47.9 Å². The normalized spacial score (nSPS) is 11.1. The van der Waals surface area contributed by atoms with Crippen LogP contribution in [0.1, 0.15) is 23.0 Å². The number of aromatic nitrogens is 2. The number of nitrogens with zero attached hydrogens (tertiary/aromatic N) is 3. The first-order chi connectivity index (χ1) is 11.0. The maximum absolute atomic E-state index is 12.0. The van der Waals surface area contributed by atoms with Gasteiger partial charge in [0.25, 0.3) is 5.91 Å². The molecule has 0 radical (unpaired) electrons. The van der Waals surface area contributed by atoms with Crippen LogP contribution in [0, 0.1) is 11.3 Å². The molecule has 0 saturated carbocycles. The van der Waals surface area contributed by atoms with Crippen LogP contribution in [0.2, 0.25) is 0 Å². The van der Waals surface area contributed by atoms with Crippen molar-refractivity contribution in [2.75, 3.05) is 11.1 Å². The summed E-state index contributed by atoms with van der Waals surface area (Å²) in [5.74, 6) is -1.47. The highest BCUT2D eigenvalue weighted by Crippen LogP contribution is 2.12. The monoisotopic (exact) mass is 311 g/mol. The predicted molar refractivity (Wildman–Crippen MR) is 81.1 cm³/mol. The molecule has 0 aliphatic carbocycles. The number of carbonyl (C=O) groups is 2. The van der Waals surface area contributed by atoms with E-state index in [1.54, 1.807) is 18.2 Å². The summed E-state index contributed by atoms with van der Waals surface area (Å²) in [4.78, 5) is 31.4. The molecule has 0 bridgehead atoms. The summed E-state index contributed by atoms with van der Waals surface area (Å²) in [6.45, 7) is 1.41. The summed E-state index contributed by atoms with van der Waals surface area (Å²) < 4.78 is 5.01. The largest absolute Gasteiger partial charge is 0.448 e. The maximum atomic E-state index is 12.0. The second-order valence-corrected chi connectivity index (χ2v) is 4.52. The molecule has 1 amide bonds. The molecule has 1 heterocycles. The molecule has 0 aliphatic heterocycles. The molecule has 8 heteroatoms. The Labute approximate surface area is 131 Å². The minimum Gasteiger partial charge on any atom is -0.448 e. The van der Waals surface area contributed by atoms with Crippen molar-refractivity contribution in [3.8, 4) is 6.07 Å². The Morgan fingerprint density at radius 3 is 2.78 bits per heavy atom. The van der Waals surface area contributed by atoms with E-state index in [1.165, 1.54) is 25.4 Å². The van der Waals surface area contributed by atoms with Gasteiger partial charge in [0, 0.05) is 18.1 Å². The molecule has 2 rings (SSSR count). The second-order valence-electron chi connectivity index (χ2n) is 4.52. The number of hydrogen-bond acceptors (Lipinski definition) is 7. The molecule has 0 saturated heterocycles. The van der Waals surface area contributed by atoms with E-state index < -0.39 is 18.0 Å². The highest BCUT2D eigenvalue weighted by atomic mass is 16.5. The number of esters is 1. The van der Waals surface area contributed by atoms with Crippen molar-refractivity contribution in [1.29, 1.82) is 5.26 Å². The maximum Gasteiger partial charge on any atom is 0.361 e. The zero-order chi connectivity index (χ0) is 16.8. The number of anilines is 2. The smallest absolute Gasteiger partial charge is 0.361 e. The van der Waals surface area contributed by atoms with Crippen LogP contribution in [-0.4, -0.2) is 27.9 Å². The molecule has 0 spiro atoms. The van der Waals surface area contributed by atoms with E-state index in [0.29, 0.717) is 11.3 Å². The van der Waals surface area contributed by atoms with Crippen LogP contribution in [0.5, 0.6) is 0 Å². The lowest BCUT2D eigenvalue weighted by Crippen LogP contribution is -2.30. The van der Waals surface area contributed by atoms with E-state index in [-0.39, 0.29) is 11.5 Å². The topological polar surface area (TPSA) is 131 Å². The molecule has 8 nitrogen and oxygen atoms in total. The van der Waals surface area contributed by atoms with E-state index in [0.717, 1.165) is 0 Å². The standard InChI is InChI=1S/C15H13N5O3/c1-9(23-15(22)12-13(17)19-6-5-18-12)14(21)20-11-4-2-3-10(7-11)8-16/h2-7,9H,1H3,(H2,17,19)(H,20,21)/t9-/m1/s1. The third-order valence-corrected chi connectivity index (χ3v) is 2.83. The number of rotatable bonds is 4. The second kappa shape index (κ2) is 7.00. The quantitative estimate of drug-likeness (QED) is 0.808. The molecule has 116 valence electrons. The lowest BCUT2D eigenvalue weighted by molar-refractivity contribution is -0.123. The average Bonchev–Trinajstić information content (AvgIpc) is 2.55. The number of hydrogen-bond donors (Lipinski definition) is 2. The van der Waals surface area contributed by atoms with Crippen molar-refractivity contribution in [2.45, 2.75) is 13.0 Å². The third kappa shape index (κ3) is 4.01. The van der Waals surface area contributed by atoms with Crippen LogP contribution >= 0.6 is 0 Å². The minimum atomic E-state index is -1.07. The summed E-state index contributed by atoms with van der Waals surface area (Å²) in [5, 5.41) is 11.4. The number of nitrogen functional groups attached to an aromatic ring is 1. The van der Waals surface area contributed by atoms with Gasteiger partial charge >= 0.3 is 5.97 Å². The summed E-state index contributed by atoms with van der Waals surface area (Å²) >= 11 is 0. The fraction of sp³-hybridized carbons (Fsp3) is 0.133. The number of ether oxygens (including phenoxy) is 1. The molecule has 23 heavy (non-hydrogen) atoms. The molecule has 0 unspecified atom stereocenters. The summed E-state index contributed by atoms with van der Waals surface area (Å²) in [7, 11) is 0. The van der Waals surface area contributed by atoms with Crippen molar-refractivity contribution < 1.29 is 14.3 Å². The number of amides is 1. The van der Waals surface area contributed by atoms with Crippen LogP contribution in [-0.2, 0) is 9.53 Å². The Morgan fingerprint density at radius 2 is 2.09 bits per heavy atom. The van der Waals surface area contributed by atoms with Crippen LogP contribution in [0.25, 0.3) is 0 Å². The molecule has 3 N–H and O–H groups in total.